The molecule has 5 nitrogen and oxygen atoms in total. The van der Waals surface area contributed by atoms with Gasteiger partial charge in [-0.1, -0.05) is 24.3 Å². The first-order valence-corrected chi connectivity index (χ1v) is 9.85. The first-order chi connectivity index (χ1) is 12.3. The highest BCUT2D eigenvalue weighted by molar-refractivity contribution is 7.89. The van der Waals surface area contributed by atoms with Crippen molar-refractivity contribution in [3.05, 3.63) is 65.0 Å². The molecule has 0 aromatic heterocycles. The summed E-state index contributed by atoms with van der Waals surface area (Å²) in [5.41, 5.74) is 1.94. The predicted molar refractivity (Wildman–Crippen MR) is 96.9 cm³/mol. The Hall–Kier alpha value is -2.25. The quantitative estimate of drug-likeness (QED) is 0.892. The van der Waals surface area contributed by atoms with Crippen LogP contribution in [0.1, 0.15) is 40.4 Å². The van der Waals surface area contributed by atoms with E-state index >= 15 is 0 Å². The van der Waals surface area contributed by atoms with Gasteiger partial charge >= 0.3 is 0 Å². The van der Waals surface area contributed by atoms with E-state index in [1.807, 2.05) is 24.3 Å². The van der Waals surface area contributed by atoms with Crippen LogP contribution < -0.4 is 5.32 Å². The van der Waals surface area contributed by atoms with E-state index in [4.69, 9.17) is 0 Å². The third-order valence-electron chi connectivity index (χ3n) is 4.64. The molecule has 1 N–H and O–H groups in total. The fraction of sp³-hybridized carbons (Fsp3) is 0.316. The molecule has 7 heteroatoms. The smallest absolute Gasteiger partial charge is 0.254 e. The third kappa shape index (κ3) is 3.50. The van der Waals surface area contributed by atoms with Gasteiger partial charge in [0.05, 0.1) is 16.5 Å². The zero-order chi connectivity index (χ0) is 18.9. The number of nitrogens with one attached hydrogen (secondary N) is 1. The molecule has 26 heavy (non-hydrogen) atoms. The molecule has 0 spiro atoms. The highest BCUT2D eigenvalue weighted by atomic mass is 32.2. The number of aryl methyl sites for hydroxylation is 1. The van der Waals surface area contributed by atoms with Gasteiger partial charge in [-0.3, -0.25) is 4.79 Å². The highest BCUT2D eigenvalue weighted by Crippen LogP contribution is 2.30. The standard InChI is InChI=1S/C19H21FN2O3S/c1-22(2)26(24,25)14-10-11-17(20)16(12-14)19(23)21-18-9-5-7-13-6-3-4-8-15(13)18/h3-4,6,8,10-12,18H,5,7,9H2,1-2H3,(H,21,23)/t18-/m1/s1. The Morgan fingerprint density at radius 1 is 1.19 bits per heavy atom. The molecule has 138 valence electrons. The van der Waals surface area contributed by atoms with Gasteiger partial charge in [-0.05, 0) is 48.6 Å². The van der Waals surface area contributed by atoms with Crippen LogP contribution in [0.25, 0.3) is 0 Å². The van der Waals surface area contributed by atoms with Crippen LogP contribution in [0.5, 0.6) is 0 Å². The number of amides is 1. The van der Waals surface area contributed by atoms with Crippen molar-refractivity contribution >= 4 is 15.9 Å². The number of nitrogens with zero attached hydrogens (tertiary/aromatic N) is 1. The lowest BCUT2D eigenvalue weighted by Gasteiger charge is -2.26. The van der Waals surface area contributed by atoms with Crippen molar-refractivity contribution in [1.82, 2.24) is 9.62 Å². The van der Waals surface area contributed by atoms with Crippen molar-refractivity contribution in [2.24, 2.45) is 0 Å². The number of carbonyl (C=O) groups excluding carboxylic acids is 1. The van der Waals surface area contributed by atoms with Gasteiger partial charge in [0, 0.05) is 14.1 Å². The zero-order valence-electron chi connectivity index (χ0n) is 14.7. The van der Waals surface area contributed by atoms with E-state index in [1.54, 1.807) is 0 Å². The van der Waals surface area contributed by atoms with Crippen molar-refractivity contribution in [2.75, 3.05) is 14.1 Å². The Morgan fingerprint density at radius 2 is 1.92 bits per heavy atom. The minimum Gasteiger partial charge on any atom is -0.345 e. The summed E-state index contributed by atoms with van der Waals surface area (Å²) >= 11 is 0. The summed E-state index contributed by atoms with van der Waals surface area (Å²) in [6.45, 7) is 0. The zero-order valence-corrected chi connectivity index (χ0v) is 15.5. The fourth-order valence-electron chi connectivity index (χ4n) is 3.19. The van der Waals surface area contributed by atoms with Crippen molar-refractivity contribution in [2.45, 2.75) is 30.2 Å². The Morgan fingerprint density at radius 3 is 2.65 bits per heavy atom. The number of carbonyl (C=O) groups is 1. The van der Waals surface area contributed by atoms with Gasteiger partial charge in [-0.2, -0.15) is 0 Å². The summed E-state index contributed by atoms with van der Waals surface area (Å²) in [5.74, 6) is -1.36. The minimum atomic E-state index is -3.74. The monoisotopic (exact) mass is 376 g/mol. The van der Waals surface area contributed by atoms with E-state index < -0.39 is 21.7 Å². The third-order valence-corrected chi connectivity index (χ3v) is 6.45. The lowest BCUT2D eigenvalue weighted by Crippen LogP contribution is -2.32. The molecule has 1 amide bonds. The number of fused-ring (bicyclic) bond motifs is 1. The average Bonchev–Trinajstić information content (AvgIpc) is 2.62. The van der Waals surface area contributed by atoms with Gasteiger partial charge in [-0.25, -0.2) is 17.1 Å². The van der Waals surface area contributed by atoms with E-state index in [0.717, 1.165) is 47.3 Å². The second-order valence-corrected chi connectivity index (χ2v) is 8.70. The van der Waals surface area contributed by atoms with Crippen LogP contribution in [0.3, 0.4) is 0 Å². The van der Waals surface area contributed by atoms with Crippen LogP contribution >= 0.6 is 0 Å². The molecule has 1 aliphatic rings. The van der Waals surface area contributed by atoms with Gasteiger partial charge in [-0.15, -0.1) is 0 Å². The summed E-state index contributed by atoms with van der Waals surface area (Å²) in [4.78, 5) is 12.5. The van der Waals surface area contributed by atoms with E-state index in [0.29, 0.717) is 0 Å². The Labute approximate surface area is 152 Å². The molecule has 0 aliphatic heterocycles. The summed E-state index contributed by atoms with van der Waals surface area (Å²) in [5, 5.41) is 2.85. The normalized spacial score (nSPS) is 17.0. The second kappa shape index (κ2) is 7.17. The molecular weight excluding hydrogens is 355 g/mol. The number of halogens is 1. The molecule has 0 saturated heterocycles. The second-order valence-electron chi connectivity index (χ2n) is 6.55. The van der Waals surface area contributed by atoms with Crippen molar-refractivity contribution < 1.29 is 17.6 Å². The van der Waals surface area contributed by atoms with Gasteiger partial charge in [0.1, 0.15) is 5.82 Å². The maximum atomic E-state index is 14.2. The average molecular weight is 376 g/mol. The number of benzene rings is 2. The fourth-order valence-corrected chi connectivity index (χ4v) is 4.12. The molecule has 1 atom stereocenters. The topological polar surface area (TPSA) is 66.5 Å². The number of rotatable bonds is 4. The van der Waals surface area contributed by atoms with Crippen LogP contribution in [-0.4, -0.2) is 32.7 Å². The summed E-state index contributed by atoms with van der Waals surface area (Å²) in [6.07, 6.45) is 2.65. The summed E-state index contributed by atoms with van der Waals surface area (Å²) in [6, 6.07) is 10.9. The number of hydrogen-bond donors (Lipinski definition) is 1. The molecule has 0 saturated carbocycles. The van der Waals surface area contributed by atoms with E-state index in [2.05, 4.69) is 5.32 Å². The summed E-state index contributed by atoms with van der Waals surface area (Å²) in [7, 11) is -0.972. The van der Waals surface area contributed by atoms with Crippen LogP contribution in [-0.2, 0) is 16.4 Å². The highest BCUT2D eigenvalue weighted by Gasteiger charge is 2.25. The molecule has 1 aliphatic carbocycles. The van der Waals surface area contributed by atoms with E-state index in [-0.39, 0.29) is 16.5 Å². The summed E-state index contributed by atoms with van der Waals surface area (Å²) < 4.78 is 39.7. The van der Waals surface area contributed by atoms with Gasteiger partial charge in [0.2, 0.25) is 10.0 Å². The maximum absolute atomic E-state index is 14.2. The first kappa shape index (κ1) is 18.5. The minimum absolute atomic E-state index is 0.113. The van der Waals surface area contributed by atoms with Crippen LogP contribution in [0.15, 0.2) is 47.4 Å². The van der Waals surface area contributed by atoms with Crippen LogP contribution in [0, 0.1) is 5.82 Å². The van der Waals surface area contributed by atoms with E-state index in [1.165, 1.54) is 19.7 Å². The lowest BCUT2D eigenvalue weighted by atomic mass is 9.87. The molecule has 3 rings (SSSR count). The Balaban J connectivity index is 1.90. The molecule has 0 unspecified atom stereocenters. The molecule has 2 aromatic carbocycles. The first-order valence-electron chi connectivity index (χ1n) is 8.41. The van der Waals surface area contributed by atoms with E-state index in [9.17, 15) is 17.6 Å². The van der Waals surface area contributed by atoms with Gasteiger partial charge in [0.25, 0.3) is 5.91 Å². The van der Waals surface area contributed by atoms with Crippen molar-refractivity contribution in [1.29, 1.82) is 0 Å². The predicted octanol–water partition coefficient (Wildman–Crippen LogP) is 2.88. The molecule has 0 radical (unpaired) electrons. The molecule has 0 heterocycles. The Kier molecular flexibility index (Phi) is 5.11. The van der Waals surface area contributed by atoms with Gasteiger partial charge < -0.3 is 5.32 Å². The molecule has 2 aromatic rings. The molecule has 0 fully saturated rings. The van der Waals surface area contributed by atoms with Gasteiger partial charge in [0.15, 0.2) is 0 Å². The maximum Gasteiger partial charge on any atom is 0.254 e. The lowest BCUT2D eigenvalue weighted by molar-refractivity contribution is 0.0928. The Bertz CT molecular complexity index is 942. The number of sulfonamides is 1. The number of hydrogen-bond acceptors (Lipinski definition) is 3. The molecular formula is C19H21FN2O3S. The molecule has 0 bridgehead atoms. The van der Waals surface area contributed by atoms with Crippen molar-refractivity contribution in [3.8, 4) is 0 Å². The SMILES string of the molecule is CN(C)S(=O)(=O)c1ccc(F)c(C(=O)N[C@@H]2CCCc3ccccc32)c1. The van der Waals surface area contributed by atoms with Crippen LogP contribution in [0.2, 0.25) is 0 Å². The largest absolute Gasteiger partial charge is 0.345 e. The van der Waals surface area contributed by atoms with Crippen LogP contribution in [0.4, 0.5) is 4.39 Å². The van der Waals surface area contributed by atoms with Crippen molar-refractivity contribution in [3.63, 3.8) is 0 Å².